The molecule has 0 spiro atoms. The van der Waals surface area contributed by atoms with Crippen LogP contribution in [0.3, 0.4) is 0 Å². The van der Waals surface area contributed by atoms with Crippen LogP contribution in [0.1, 0.15) is 36.2 Å². The fraction of sp³-hybridized carbons (Fsp3) is 0.500. The first-order chi connectivity index (χ1) is 14.5. The van der Waals surface area contributed by atoms with Gasteiger partial charge in [0.05, 0.1) is 18.4 Å². The van der Waals surface area contributed by atoms with E-state index in [0.717, 1.165) is 31.2 Å². The van der Waals surface area contributed by atoms with Crippen LogP contribution >= 0.6 is 11.6 Å². The predicted molar refractivity (Wildman–Crippen MR) is 113 cm³/mol. The molecule has 4 rings (SSSR count). The number of carbonyl (C=O) groups excluding carboxylic acids is 1. The first kappa shape index (κ1) is 21.0. The van der Waals surface area contributed by atoms with E-state index < -0.39 is 5.60 Å². The summed E-state index contributed by atoms with van der Waals surface area (Å²) < 4.78 is 10.7. The largest absolute Gasteiger partial charge is 0.474 e. The molecular formula is C22H26ClN3O4. The van der Waals surface area contributed by atoms with Crippen LogP contribution in [0.15, 0.2) is 30.5 Å². The molecule has 0 atom stereocenters. The number of methoxy groups -OCH3 is 1. The summed E-state index contributed by atoms with van der Waals surface area (Å²) in [4.78, 5) is 21.6. The molecule has 1 aromatic heterocycles. The number of carbonyl (C=O) groups is 1. The quantitative estimate of drug-likeness (QED) is 0.561. The Morgan fingerprint density at radius 1 is 1.20 bits per heavy atom. The predicted octanol–water partition coefficient (Wildman–Crippen LogP) is 3.10. The monoisotopic (exact) mass is 431 g/mol. The van der Waals surface area contributed by atoms with Crippen LogP contribution in [-0.2, 0) is 4.74 Å². The summed E-state index contributed by atoms with van der Waals surface area (Å²) in [7, 11) is 1.59. The van der Waals surface area contributed by atoms with Gasteiger partial charge in [-0.2, -0.15) is 0 Å². The zero-order chi connectivity index (χ0) is 21.1. The molecule has 0 saturated heterocycles. The highest BCUT2D eigenvalue weighted by molar-refractivity contribution is 6.30. The first-order valence-electron chi connectivity index (χ1n) is 10.3. The lowest BCUT2D eigenvalue weighted by Gasteiger charge is -2.28. The Kier molecular flexibility index (Phi) is 6.22. The molecule has 1 heterocycles. The standard InChI is InChI=1S/C22H26ClN3O4/c1-29-10-11-30-21-19(14-2-8-17(23)9-3-14)26-18(12-24-21)20(27)25-13-22(28,15-4-5-15)16-6-7-16/h2-3,8-9,12,15-16,28H,4-7,10-11,13H2,1H3,(H,25,27). The van der Waals surface area contributed by atoms with Crippen molar-refractivity contribution in [3.8, 4) is 17.1 Å². The lowest BCUT2D eigenvalue weighted by Crippen LogP contribution is -2.46. The van der Waals surface area contributed by atoms with E-state index in [2.05, 4.69) is 15.3 Å². The third-order valence-electron chi connectivity index (χ3n) is 5.72. The van der Waals surface area contributed by atoms with E-state index in [4.69, 9.17) is 21.1 Å². The van der Waals surface area contributed by atoms with Crippen molar-refractivity contribution >= 4 is 17.5 Å². The summed E-state index contributed by atoms with van der Waals surface area (Å²) in [5.41, 5.74) is 0.565. The van der Waals surface area contributed by atoms with Gasteiger partial charge in [0, 0.05) is 24.2 Å². The van der Waals surface area contributed by atoms with Crippen molar-refractivity contribution in [3.63, 3.8) is 0 Å². The average molecular weight is 432 g/mol. The van der Waals surface area contributed by atoms with Crippen LogP contribution in [0.2, 0.25) is 5.02 Å². The summed E-state index contributed by atoms with van der Waals surface area (Å²) in [6, 6.07) is 7.09. The maximum absolute atomic E-state index is 12.8. The average Bonchev–Trinajstić information content (AvgIpc) is 3.65. The highest BCUT2D eigenvalue weighted by atomic mass is 35.5. The molecule has 30 heavy (non-hydrogen) atoms. The van der Waals surface area contributed by atoms with Crippen LogP contribution in [0.5, 0.6) is 5.88 Å². The van der Waals surface area contributed by atoms with Crippen LogP contribution in [0.4, 0.5) is 0 Å². The van der Waals surface area contributed by atoms with Gasteiger partial charge in [0.15, 0.2) is 0 Å². The lowest BCUT2D eigenvalue weighted by atomic mass is 9.91. The van der Waals surface area contributed by atoms with E-state index in [-0.39, 0.29) is 30.0 Å². The van der Waals surface area contributed by atoms with E-state index in [1.54, 1.807) is 31.4 Å². The number of hydrogen-bond acceptors (Lipinski definition) is 6. The second kappa shape index (κ2) is 8.88. The molecule has 8 heteroatoms. The molecule has 2 aromatic rings. The molecule has 160 valence electrons. The van der Waals surface area contributed by atoms with Crippen LogP contribution in [-0.4, -0.2) is 53.5 Å². The maximum atomic E-state index is 12.8. The van der Waals surface area contributed by atoms with Crippen molar-refractivity contribution in [1.29, 1.82) is 0 Å². The zero-order valence-electron chi connectivity index (χ0n) is 16.9. The Bertz CT molecular complexity index is 886. The number of ether oxygens (including phenoxy) is 2. The second-order valence-corrected chi connectivity index (χ2v) is 8.42. The van der Waals surface area contributed by atoms with Gasteiger partial charge in [0.2, 0.25) is 5.88 Å². The Morgan fingerprint density at radius 3 is 2.47 bits per heavy atom. The molecule has 7 nitrogen and oxygen atoms in total. The molecule has 0 aliphatic heterocycles. The van der Waals surface area contributed by atoms with Crippen LogP contribution in [0, 0.1) is 11.8 Å². The van der Waals surface area contributed by atoms with Crippen molar-refractivity contribution in [2.75, 3.05) is 26.9 Å². The topological polar surface area (TPSA) is 93.6 Å². The van der Waals surface area contributed by atoms with Gasteiger partial charge in [-0.15, -0.1) is 0 Å². The second-order valence-electron chi connectivity index (χ2n) is 7.98. The number of hydrogen-bond donors (Lipinski definition) is 2. The highest BCUT2D eigenvalue weighted by Gasteiger charge is 2.53. The summed E-state index contributed by atoms with van der Waals surface area (Å²) >= 11 is 6.00. The third-order valence-corrected chi connectivity index (χ3v) is 5.97. The summed E-state index contributed by atoms with van der Waals surface area (Å²) in [5.74, 6) is 0.536. The minimum atomic E-state index is -0.800. The minimum absolute atomic E-state index is 0.174. The van der Waals surface area contributed by atoms with E-state index in [0.29, 0.717) is 29.8 Å². The molecule has 2 aliphatic carbocycles. The fourth-order valence-corrected chi connectivity index (χ4v) is 3.84. The maximum Gasteiger partial charge on any atom is 0.271 e. The lowest BCUT2D eigenvalue weighted by molar-refractivity contribution is -0.00326. The minimum Gasteiger partial charge on any atom is -0.474 e. The molecule has 2 saturated carbocycles. The smallest absolute Gasteiger partial charge is 0.271 e. The Morgan fingerprint density at radius 2 is 1.87 bits per heavy atom. The van der Waals surface area contributed by atoms with Crippen molar-refractivity contribution in [1.82, 2.24) is 15.3 Å². The number of amides is 1. The van der Waals surface area contributed by atoms with Crippen molar-refractivity contribution in [3.05, 3.63) is 41.2 Å². The number of rotatable bonds is 10. The molecule has 2 fully saturated rings. The normalized spacial score (nSPS) is 16.4. The van der Waals surface area contributed by atoms with E-state index in [9.17, 15) is 9.90 Å². The molecule has 2 N–H and O–H groups in total. The summed E-state index contributed by atoms with van der Waals surface area (Å²) in [5, 5.41) is 14.5. The van der Waals surface area contributed by atoms with Gasteiger partial charge in [0.25, 0.3) is 5.91 Å². The van der Waals surface area contributed by atoms with Gasteiger partial charge in [-0.25, -0.2) is 9.97 Å². The number of aromatic nitrogens is 2. The van der Waals surface area contributed by atoms with Gasteiger partial charge in [-0.05, 0) is 49.7 Å². The Hall–Kier alpha value is -2.22. The number of aliphatic hydroxyl groups is 1. The van der Waals surface area contributed by atoms with Gasteiger partial charge in [0.1, 0.15) is 18.0 Å². The van der Waals surface area contributed by atoms with E-state index >= 15 is 0 Å². The molecule has 1 aromatic carbocycles. The van der Waals surface area contributed by atoms with Crippen molar-refractivity contribution in [2.24, 2.45) is 11.8 Å². The highest BCUT2D eigenvalue weighted by Crippen LogP contribution is 2.51. The van der Waals surface area contributed by atoms with Gasteiger partial charge < -0.3 is 19.9 Å². The Balaban J connectivity index is 1.53. The van der Waals surface area contributed by atoms with Crippen molar-refractivity contribution in [2.45, 2.75) is 31.3 Å². The summed E-state index contributed by atoms with van der Waals surface area (Å²) in [6.45, 7) is 0.962. The molecule has 0 unspecified atom stereocenters. The number of halogens is 1. The molecule has 0 radical (unpaired) electrons. The van der Waals surface area contributed by atoms with E-state index in [1.165, 1.54) is 6.20 Å². The van der Waals surface area contributed by atoms with Crippen LogP contribution in [0.25, 0.3) is 11.3 Å². The van der Waals surface area contributed by atoms with Crippen molar-refractivity contribution < 1.29 is 19.4 Å². The SMILES string of the molecule is COCCOc1ncc(C(=O)NCC(O)(C2CC2)C2CC2)nc1-c1ccc(Cl)cc1. The molecule has 0 bridgehead atoms. The summed E-state index contributed by atoms with van der Waals surface area (Å²) in [6.07, 6.45) is 5.49. The number of nitrogens with zero attached hydrogens (tertiary/aromatic N) is 2. The third kappa shape index (κ3) is 4.74. The van der Waals surface area contributed by atoms with Crippen LogP contribution < -0.4 is 10.1 Å². The molecule has 2 aliphatic rings. The van der Waals surface area contributed by atoms with E-state index in [1.807, 2.05) is 0 Å². The first-order valence-corrected chi connectivity index (χ1v) is 10.6. The Labute approximate surface area is 180 Å². The molecular weight excluding hydrogens is 406 g/mol. The molecule has 1 amide bonds. The van der Waals surface area contributed by atoms with Gasteiger partial charge in [-0.1, -0.05) is 23.7 Å². The zero-order valence-corrected chi connectivity index (χ0v) is 17.7. The number of nitrogens with one attached hydrogen (secondary N) is 1. The fourth-order valence-electron chi connectivity index (χ4n) is 3.71. The number of benzene rings is 1. The van der Waals surface area contributed by atoms with Gasteiger partial charge >= 0.3 is 0 Å². The van der Waals surface area contributed by atoms with Gasteiger partial charge in [-0.3, -0.25) is 4.79 Å².